The van der Waals surface area contributed by atoms with Crippen molar-refractivity contribution in [3.8, 4) is 16.5 Å². The van der Waals surface area contributed by atoms with E-state index in [0.717, 1.165) is 12.6 Å². The largest absolute Gasteiger partial charge is 0.493 e. The molecular weight excluding hydrogens is 466 g/mol. The van der Waals surface area contributed by atoms with Gasteiger partial charge in [-0.25, -0.2) is 4.98 Å². The number of carbonyl (C=O) groups is 1. The highest BCUT2D eigenvalue weighted by atomic mass is 32.2. The molecule has 0 aliphatic rings. The van der Waals surface area contributed by atoms with Gasteiger partial charge >= 0.3 is 0 Å². The van der Waals surface area contributed by atoms with Gasteiger partial charge in [0.1, 0.15) is 11.3 Å². The fourth-order valence-electron chi connectivity index (χ4n) is 3.57. The van der Waals surface area contributed by atoms with E-state index in [-0.39, 0.29) is 11.3 Å². The number of rotatable bonds is 8. The molecule has 0 spiro atoms. The number of amides is 1. The highest BCUT2D eigenvalue weighted by Crippen LogP contribution is 2.35. The van der Waals surface area contributed by atoms with Crippen molar-refractivity contribution in [2.45, 2.75) is 11.3 Å². The van der Waals surface area contributed by atoms with Crippen LogP contribution in [0.1, 0.15) is 20.8 Å². The monoisotopic (exact) mass is 487 g/mol. The van der Waals surface area contributed by atoms with Crippen LogP contribution >= 0.6 is 11.3 Å². The number of ether oxygens (including phenoxy) is 2. The summed E-state index contributed by atoms with van der Waals surface area (Å²) in [6.07, 6.45) is 1.81. The predicted octanol–water partition coefficient (Wildman–Crippen LogP) is 3.13. The molecule has 9 nitrogen and oxygen atoms in total. The normalized spacial score (nSPS) is 11.6. The van der Waals surface area contributed by atoms with Crippen LogP contribution < -0.4 is 15.2 Å². The van der Waals surface area contributed by atoms with Gasteiger partial charge in [-0.3, -0.25) is 13.5 Å². The van der Waals surface area contributed by atoms with E-state index in [1.54, 1.807) is 56.9 Å². The van der Waals surface area contributed by atoms with E-state index in [1.165, 1.54) is 17.4 Å². The molecule has 0 saturated heterocycles. The molecule has 0 unspecified atom stereocenters. The zero-order chi connectivity index (χ0) is 23.8. The summed E-state index contributed by atoms with van der Waals surface area (Å²) in [5.74, 6) is 0.491. The van der Waals surface area contributed by atoms with Crippen LogP contribution in [0.2, 0.25) is 0 Å². The van der Waals surface area contributed by atoms with E-state index < -0.39 is 16.0 Å². The third-order valence-corrected chi connectivity index (χ3v) is 7.72. The molecule has 11 heteroatoms. The van der Waals surface area contributed by atoms with Crippen LogP contribution in [0.4, 0.5) is 0 Å². The zero-order valence-corrected chi connectivity index (χ0v) is 19.7. The Morgan fingerprint density at radius 2 is 1.76 bits per heavy atom. The number of carbonyl (C=O) groups excluding carboxylic acids is 1. The van der Waals surface area contributed by atoms with Crippen molar-refractivity contribution in [1.82, 2.24) is 9.55 Å². The van der Waals surface area contributed by atoms with Gasteiger partial charge in [0.2, 0.25) is 0 Å². The molecule has 0 radical (unpaired) electrons. The molecule has 0 saturated carbocycles. The summed E-state index contributed by atoms with van der Waals surface area (Å²) >= 11 is 1.20. The number of fused-ring (bicyclic) bond motifs is 1. The Balaban J connectivity index is 1.82. The molecule has 2 N–H and O–H groups in total. The van der Waals surface area contributed by atoms with Crippen LogP contribution in [-0.2, 0) is 20.7 Å². The summed E-state index contributed by atoms with van der Waals surface area (Å²) in [5.41, 5.74) is 8.17. The Hall–Kier alpha value is -3.41. The smallest absolute Gasteiger partial charge is 0.296 e. The van der Waals surface area contributed by atoms with Gasteiger partial charge in [-0.05, 0) is 23.3 Å². The van der Waals surface area contributed by atoms with Crippen molar-refractivity contribution < 1.29 is 26.9 Å². The van der Waals surface area contributed by atoms with E-state index >= 15 is 0 Å². The first-order valence-corrected chi connectivity index (χ1v) is 11.9. The van der Waals surface area contributed by atoms with Gasteiger partial charge in [-0.1, -0.05) is 18.2 Å². The van der Waals surface area contributed by atoms with E-state index in [4.69, 9.17) is 15.2 Å². The summed E-state index contributed by atoms with van der Waals surface area (Å²) in [5, 5.41) is 0.695. The second kappa shape index (κ2) is 8.85. The molecular formula is C22H21N3O6S2. The zero-order valence-electron chi connectivity index (χ0n) is 18.1. The fraction of sp³-hybridized carbons (Fsp3) is 0.182. The minimum Gasteiger partial charge on any atom is -0.493 e. The maximum atomic E-state index is 12.3. The summed E-state index contributed by atoms with van der Waals surface area (Å²) in [4.78, 5) is 17.0. The number of nitrogens with zero attached hydrogens (tertiary/aromatic N) is 2. The van der Waals surface area contributed by atoms with Crippen molar-refractivity contribution in [2.24, 2.45) is 5.73 Å². The van der Waals surface area contributed by atoms with Crippen molar-refractivity contribution in [2.75, 3.05) is 21.3 Å². The molecule has 4 rings (SSSR count). The number of aromatic nitrogens is 2. The number of primary amides is 1. The number of benzene rings is 2. The Labute approximate surface area is 194 Å². The summed E-state index contributed by atoms with van der Waals surface area (Å²) in [6, 6.07) is 11.9. The van der Waals surface area contributed by atoms with Gasteiger partial charge in [0.25, 0.3) is 16.0 Å². The lowest BCUT2D eigenvalue weighted by molar-refractivity contribution is 0.100. The quantitative estimate of drug-likeness (QED) is 0.379. The second-order valence-corrected chi connectivity index (χ2v) is 9.73. The number of hydrogen-bond acceptors (Lipinski definition) is 8. The first kappa shape index (κ1) is 22.8. The lowest BCUT2D eigenvalue weighted by atomic mass is 10.1. The summed E-state index contributed by atoms with van der Waals surface area (Å²) in [6.45, 7) is 0. The van der Waals surface area contributed by atoms with Crippen LogP contribution in [0, 0.1) is 0 Å². The van der Waals surface area contributed by atoms with Crippen LogP contribution in [0.3, 0.4) is 0 Å². The first-order chi connectivity index (χ1) is 15.8. The van der Waals surface area contributed by atoms with Gasteiger partial charge in [-0.2, -0.15) is 8.42 Å². The average Bonchev–Trinajstić information content (AvgIpc) is 3.42. The molecule has 0 fully saturated rings. The maximum absolute atomic E-state index is 12.3. The van der Waals surface area contributed by atoms with E-state index in [2.05, 4.69) is 9.17 Å². The van der Waals surface area contributed by atoms with Crippen molar-refractivity contribution in [1.29, 1.82) is 0 Å². The van der Waals surface area contributed by atoms with Gasteiger partial charge in [0, 0.05) is 18.6 Å². The van der Waals surface area contributed by atoms with Gasteiger partial charge in [0.15, 0.2) is 11.5 Å². The minimum absolute atomic E-state index is 0.0422. The average molecular weight is 488 g/mol. The molecule has 0 aliphatic carbocycles. The van der Waals surface area contributed by atoms with Gasteiger partial charge < -0.3 is 15.2 Å². The van der Waals surface area contributed by atoms with Gasteiger partial charge in [-0.15, -0.1) is 11.3 Å². The van der Waals surface area contributed by atoms with Crippen molar-refractivity contribution >= 4 is 38.4 Å². The molecule has 2 aromatic heterocycles. The van der Waals surface area contributed by atoms with Crippen LogP contribution in [0.15, 0.2) is 53.7 Å². The molecule has 1 amide bonds. The molecule has 2 heterocycles. The number of imidazole rings is 1. The Morgan fingerprint density at radius 3 is 2.42 bits per heavy atom. The van der Waals surface area contributed by atoms with Crippen LogP contribution in [-0.4, -0.2) is 45.2 Å². The Bertz CT molecular complexity index is 1460. The fourth-order valence-corrected chi connectivity index (χ4v) is 5.48. The lowest BCUT2D eigenvalue weighted by Gasteiger charge is -2.09. The third-order valence-electron chi connectivity index (χ3n) is 5.15. The SMILES string of the molecule is COc1cc2ncn(-c3cc(Cc4ccccc4S(=O)(=O)OC)c(C(N)=O)s3)c2cc1OC. The molecule has 33 heavy (non-hydrogen) atoms. The third kappa shape index (κ3) is 4.17. The van der Waals surface area contributed by atoms with Crippen LogP contribution in [0.5, 0.6) is 11.5 Å². The molecule has 172 valence electrons. The molecule has 0 bridgehead atoms. The molecule has 0 atom stereocenters. The Kier molecular flexibility index (Phi) is 6.11. The van der Waals surface area contributed by atoms with Crippen LogP contribution in [0.25, 0.3) is 16.0 Å². The molecule has 4 aromatic rings. The number of nitrogens with two attached hydrogens (primary N) is 1. The Morgan fingerprint density at radius 1 is 1.06 bits per heavy atom. The molecule has 0 aliphatic heterocycles. The topological polar surface area (TPSA) is 123 Å². The summed E-state index contributed by atoms with van der Waals surface area (Å²) < 4.78 is 41.9. The highest BCUT2D eigenvalue weighted by Gasteiger charge is 2.22. The number of methoxy groups -OCH3 is 2. The minimum atomic E-state index is -3.92. The lowest BCUT2D eigenvalue weighted by Crippen LogP contribution is -2.12. The maximum Gasteiger partial charge on any atom is 0.296 e. The standard InChI is InChI=1S/C22H21N3O6S2/c1-29-17-10-15-16(11-18(17)30-2)25(12-24-15)20-9-14(21(32-20)22(23)26)8-13-6-4-5-7-19(13)33(27,28)31-3/h4-7,9-12H,8H2,1-3H3,(H2,23,26). The van der Waals surface area contributed by atoms with E-state index in [1.807, 2.05) is 4.57 Å². The highest BCUT2D eigenvalue weighted by molar-refractivity contribution is 7.86. The number of hydrogen-bond donors (Lipinski definition) is 1. The second-order valence-electron chi connectivity index (χ2n) is 7.02. The van der Waals surface area contributed by atoms with E-state index in [0.29, 0.717) is 38.0 Å². The number of thiophene rings is 1. The van der Waals surface area contributed by atoms with Crippen molar-refractivity contribution in [3.05, 3.63) is 64.8 Å². The van der Waals surface area contributed by atoms with E-state index in [9.17, 15) is 13.2 Å². The first-order valence-electron chi connectivity index (χ1n) is 9.69. The van der Waals surface area contributed by atoms with Crippen molar-refractivity contribution in [3.63, 3.8) is 0 Å². The predicted molar refractivity (Wildman–Crippen MR) is 124 cm³/mol. The molecule has 2 aromatic carbocycles. The van der Waals surface area contributed by atoms with Gasteiger partial charge in [0.05, 0.1) is 42.1 Å². The summed E-state index contributed by atoms with van der Waals surface area (Å²) in [7, 11) is 0.287.